The lowest BCUT2D eigenvalue weighted by Crippen LogP contribution is -2.54. The molecule has 0 bridgehead atoms. The molecule has 13 nitrogen and oxygen atoms in total. The minimum atomic E-state index is -1.25. The Morgan fingerprint density at radius 3 is 1.90 bits per heavy atom. The fourth-order valence-corrected chi connectivity index (χ4v) is 6.60. The summed E-state index contributed by atoms with van der Waals surface area (Å²) >= 11 is 0. The first-order chi connectivity index (χ1) is 28.0. The summed E-state index contributed by atoms with van der Waals surface area (Å²) in [4.78, 5) is 92.7. The maximum absolute atomic E-state index is 14.1. The average molecular weight is 795 g/mol. The van der Waals surface area contributed by atoms with Gasteiger partial charge in [0.1, 0.15) is 12.1 Å². The largest absolute Gasteiger partial charge is 0.454 e. The van der Waals surface area contributed by atoms with E-state index in [-0.39, 0.29) is 49.9 Å². The van der Waals surface area contributed by atoms with Crippen LogP contribution in [0.4, 0.5) is 0 Å². The van der Waals surface area contributed by atoms with E-state index in [1.807, 2.05) is 49.5 Å². The van der Waals surface area contributed by atoms with Crippen molar-refractivity contribution in [3.05, 3.63) is 119 Å². The zero-order valence-corrected chi connectivity index (χ0v) is 33.5. The normalized spacial score (nSPS) is 13.7. The molecule has 1 heterocycles. The van der Waals surface area contributed by atoms with E-state index in [9.17, 15) is 33.6 Å². The van der Waals surface area contributed by atoms with Crippen LogP contribution in [0.15, 0.2) is 91.0 Å². The highest BCUT2D eigenvalue weighted by Gasteiger charge is 2.32. The molecule has 0 aromatic heterocycles. The summed E-state index contributed by atoms with van der Waals surface area (Å²) in [5, 5.41) is 8.68. The fraction of sp³-hybridized carbons (Fsp3) is 0.400. The molecule has 58 heavy (non-hydrogen) atoms. The second kappa shape index (κ2) is 23.3. The van der Waals surface area contributed by atoms with Gasteiger partial charge in [0.2, 0.25) is 17.6 Å². The first-order valence-electron chi connectivity index (χ1n) is 19.8. The highest BCUT2D eigenvalue weighted by Crippen LogP contribution is 2.17. The van der Waals surface area contributed by atoms with Crippen molar-refractivity contribution in [1.82, 2.24) is 20.9 Å². The molecule has 3 atom stereocenters. The Kier molecular flexibility index (Phi) is 18.0. The van der Waals surface area contributed by atoms with Gasteiger partial charge in [0.15, 0.2) is 12.7 Å². The smallest absolute Gasteiger partial charge is 0.339 e. The van der Waals surface area contributed by atoms with Crippen molar-refractivity contribution in [2.24, 2.45) is 0 Å². The predicted molar refractivity (Wildman–Crippen MR) is 217 cm³/mol. The van der Waals surface area contributed by atoms with Crippen LogP contribution in [0.2, 0.25) is 0 Å². The Balaban J connectivity index is 1.46. The number of carbonyl (C=O) groups is 7. The third kappa shape index (κ3) is 14.2. The number of unbranched alkanes of at least 4 members (excludes halogenated alkanes) is 3. The number of ether oxygens (including phenoxy) is 2. The van der Waals surface area contributed by atoms with Crippen molar-refractivity contribution in [2.45, 2.75) is 89.8 Å². The molecule has 1 aliphatic heterocycles. The van der Waals surface area contributed by atoms with Gasteiger partial charge in [0.25, 0.3) is 11.8 Å². The number of rotatable bonds is 24. The Morgan fingerprint density at radius 2 is 1.29 bits per heavy atom. The number of nitrogens with zero attached hydrogens (tertiary/aromatic N) is 1. The summed E-state index contributed by atoms with van der Waals surface area (Å²) in [5.74, 6) is -3.80. The minimum Gasteiger partial charge on any atom is -0.454 e. The lowest BCUT2D eigenvalue weighted by Gasteiger charge is -2.25. The van der Waals surface area contributed by atoms with Gasteiger partial charge in [0.05, 0.1) is 5.56 Å². The Morgan fingerprint density at radius 1 is 0.690 bits per heavy atom. The van der Waals surface area contributed by atoms with Crippen molar-refractivity contribution >= 4 is 41.4 Å². The number of imide groups is 1. The molecule has 0 spiro atoms. The van der Waals surface area contributed by atoms with E-state index in [0.717, 1.165) is 16.0 Å². The summed E-state index contributed by atoms with van der Waals surface area (Å²) in [6.07, 6.45) is 4.45. The zero-order chi connectivity index (χ0) is 41.9. The van der Waals surface area contributed by atoms with Crippen LogP contribution >= 0.6 is 0 Å². The van der Waals surface area contributed by atoms with E-state index < -0.39 is 48.4 Å². The number of nitrogens with one attached hydrogen (secondary N) is 3. The summed E-state index contributed by atoms with van der Waals surface area (Å²) in [6.45, 7) is 3.88. The molecule has 4 amide bonds. The third-order valence-electron chi connectivity index (χ3n) is 9.80. The molecule has 3 unspecified atom stereocenters. The number of ketones is 1. The van der Waals surface area contributed by atoms with Crippen LogP contribution in [0, 0.1) is 13.8 Å². The number of Topliss-reactive ketones (excluding diaryl/α,β-unsaturated/α-hetero) is 1. The maximum Gasteiger partial charge on any atom is 0.339 e. The molecule has 0 saturated heterocycles. The zero-order valence-electron chi connectivity index (χ0n) is 33.5. The number of hydrogen-bond donors (Lipinski definition) is 3. The lowest BCUT2D eigenvalue weighted by atomic mass is 10.0. The summed E-state index contributed by atoms with van der Waals surface area (Å²) < 4.78 is 11.3. The molecule has 13 heteroatoms. The van der Waals surface area contributed by atoms with Crippen LogP contribution in [0.3, 0.4) is 0 Å². The molecule has 0 fully saturated rings. The number of carbonyl (C=O) groups excluding carboxylic acids is 7. The van der Waals surface area contributed by atoms with Gasteiger partial charge >= 0.3 is 11.9 Å². The molecule has 3 aromatic rings. The van der Waals surface area contributed by atoms with Crippen molar-refractivity contribution in [2.75, 3.05) is 26.7 Å². The van der Waals surface area contributed by atoms with Crippen LogP contribution in [0.1, 0.15) is 77.6 Å². The van der Waals surface area contributed by atoms with E-state index in [1.165, 1.54) is 12.2 Å². The van der Waals surface area contributed by atoms with Crippen LogP contribution in [-0.2, 0) is 51.1 Å². The van der Waals surface area contributed by atoms with Crippen molar-refractivity contribution < 1.29 is 43.0 Å². The molecule has 4 rings (SSSR count). The van der Waals surface area contributed by atoms with E-state index in [0.29, 0.717) is 55.3 Å². The topological polar surface area (TPSA) is 177 Å². The SMILES string of the molecule is CNCCCCC(OC(=O)C(Cc1ccccc1)NC(=O)C(Cc1ccccc1)NC(=O)CCCCCN1C(=O)C=CC1=O)C(=O)COC(=O)c1c(C)cccc1C. The highest BCUT2D eigenvalue weighted by molar-refractivity contribution is 6.12. The number of aryl methyl sites for hydroxylation is 2. The summed E-state index contributed by atoms with van der Waals surface area (Å²) in [7, 11) is 1.81. The second-order valence-electron chi connectivity index (χ2n) is 14.4. The summed E-state index contributed by atoms with van der Waals surface area (Å²) in [5.41, 5.74) is 3.28. The number of hydrogen-bond acceptors (Lipinski definition) is 10. The molecule has 3 aromatic carbocycles. The van der Waals surface area contributed by atoms with Crippen molar-refractivity contribution in [1.29, 1.82) is 0 Å². The van der Waals surface area contributed by atoms with Gasteiger partial charge < -0.3 is 25.4 Å². The number of amides is 4. The van der Waals surface area contributed by atoms with Crippen LogP contribution in [-0.4, -0.2) is 91.2 Å². The van der Waals surface area contributed by atoms with Gasteiger partial charge in [-0.15, -0.1) is 0 Å². The Hall–Kier alpha value is -5.95. The monoisotopic (exact) mass is 794 g/mol. The molecule has 0 radical (unpaired) electrons. The second-order valence-corrected chi connectivity index (χ2v) is 14.4. The average Bonchev–Trinajstić information content (AvgIpc) is 3.53. The molecule has 1 aliphatic rings. The molecule has 0 aliphatic carbocycles. The predicted octanol–water partition coefficient (Wildman–Crippen LogP) is 4.27. The van der Waals surface area contributed by atoms with Gasteiger partial charge in [-0.2, -0.15) is 0 Å². The minimum absolute atomic E-state index is 0.0389. The fourth-order valence-electron chi connectivity index (χ4n) is 6.60. The molecule has 308 valence electrons. The van der Waals surface area contributed by atoms with Gasteiger partial charge in [0, 0.05) is 38.0 Å². The number of esters is 2. The molecule has 0 saturated carbocycles. The van der Waals surface area contributed by atoms with E-state index >= 15 is 0 Å². The van der Waals surface area contributed by atoms with Crippen LogP contribution < -0.4 is 16.0 Å². The Labute approximate surface area is 339 Å². The Bertz CT molecular complexity index is 1880. The first kappa shape index (κ1) is 44.8. The standard InChI is InChI=1S/C45H54N4O9/c1-31-16-15-17-32(2)42(31)45(56)57-30-37(50)38(22-12-13-26-46-3)58-44(55)36(29-34-20-9-5-10-21-34)48-43(54)35(28-33-18-7-4-8-19-33)47-39(51)23-11-6-14-27-49-40(52)24-25-41(49)53/h4-5,7-10,15-21,24-25,35-36,38,46H,6,11-14,22-23,26-30H2,1-3H3,(H,47,51)(H,48,54). The molecule has 3 N–H and O–H groups in total. The van der Waals surface area contributed by atoms with Gasteiger partial charge in [-0.3, -0.25) is 28.9 Å². The van der Waals surface area contributed by atoms with E-state index in [4.69, 9.17) is 9.47 Å². The lowest BCUT2D eigenvalue weighted by molar-refractivity contribution is -0.159. The van der Waals surface area contributed by atoms with E-state index in [2.05, 4.69) is 16.0 Å². The quantitative estimate of drug-likeness (QED) is 0.0675. The van der Waals surface area contributed by atoms with E-state index in [1.54, 1.807) is 50.2 Å². The van der Waals surface area contributed by atoms with Crippen molar-refractivity contribution in [3.8, 4) is 0 Å². The van der Waals surface area contributed by atoms with Gasteiger partial charge in [-0.25, -0.2) is 9.59 Å². The van der Waals surface area contributed by atoms with Crippen molar-refractivity contribution in [3.63, 3.8) is 0 Å². The number of benzene rings is 3. The first-order valence-corrected chi connectivity index (χ1v) is 19.8. The third-order valence-corrected chi connectivity index (χ3v) is 9.80. The van der Waals surface area contributed by atoms with Gasteiger partial charge in [-0.05, 0) is 81.8 Å². The highest BCUT2D eigenvalue weighted by atomic mass is 16.6. The van der Waals surface area contributed by atoms with Gasteiger partial charge in [-0.1, -0.05) is 85.3 Å². The molecular formula is C45H54N4O9. The van der Waals surface area contributed by atoms with Crippen LogP contribution in [0.25, 0.3) is 0 Å². The molecular weight excluding hydrogens is 741 g/mol. The maximum atomic E-state index is 14.1. The van der Waals surface area contributed by atoms with Crippen LogP contribution in [0.5, 0.6) is 0 Å². The summed E-state index contributed by atoms with van der Waals surface area (Å²) in [6, 6.07) is 21.2.